The van der Waals surface area contributed by atoms with E-state index in [4.69, 9.17) is 17.0 Å². The molecule has 0 amide bonds. The van der Waals surface area contributed by atoms with Crippen molar-refractivity contribution in [3.8, 4) is 21.9 Å². The van der Waals surface area contributed by atoms with E-state index in [1.165, 1.54) is 21.6 Å². The van der Waals surface area contributed by atoms with Crippen molar-refractivity contribution in [1.82, 2.24) is 9.80 Å². The number of rotatable bonds is 8. The van der Waals surface area contributed by atoms with Gasteiger partial charge in [-0.3, -0.25) is 9.80 Å². The summed E-state index contributed by atoms with van der Waals surface area (Å²) >= 11 is 5.56. The molecule has 1 aliphatic rings. The summed E-state index contributed by atoms with van der Waals surface area (Å²) in [5, 5.41) is 10.5. The zero-order chi connectivity index (χ0) is 22.5. The van der Waals surface area contributed by atoms with Crippen LogP contribution in [0.1, 0.15) is 30.0 Å². The fraction of sp³-hybridized carbons (Fsp3) is 0.400. The van der Waals surface area contributed by atoms with Crippen LogP contribution in [-0.2, 0) is 19.5 Å². The molecule has 4 rings (SSSR count). The summed E-state index contributed by atoms with van der Waals surface area (Å²) in [6, 6.07) is 14.4. The number of piperazine rings is 1. The maximum Gasteiger partial charge on any atom is 0.120 e. The highest BCUT2D eigenvalue weighted by Crippen LogP contribution is 2.37. The average Bonchev–Trinajstić information content (AvgIpc) is 3.17. The molecule has 0 radical (unpaired) electrons. The zero-order valence-electron chi connectivity index (χ0n) is 18.7. The van der Waals surface area contributed by atoms with Crippen LogP contribution in [-0.4, -0.2) is 48.2 Å². The Labute approximate surface area is 203 Å². The second-order valence-corrected chi connectivity index (χ2v) is 11.1. The van der Waals surface area contributed by atoms with Crippen LogP contribution >= 0.6 is 32.9 Å². The molecular weight excluding hydrogens is 456 g/mol. The van der Waals surface area contributed by atoms with Crippen molar-refractivity contribution < 1.29 is 9.84 Å². The SMILES string of the molecule is CCCc1c(-c2ccc(O)c(CN3CCN(Cc4ccc(OC)cc4)CC3)c2)ssc1=S. The number of ether oxygens (including phenoxy) is 1. The van der Waals surface area contributed by atoms with Crippen molar-refractivity contribution in [2.45, 2.75) is 32.9 Å². The van der Waals surface area contributed by atoms with Crippen molar-refractivity contribution >= 4 is 32.9 Å². The highest BCUT2D eigenvalue weighted by molar-refractivity contribution is 7.80. The predicted molar refractivity (Wildman–Crippen MR) is 138 cm³/mol. The van der Waals surface area contributed by atoms with Crippen LogP contribution < -0.4 is 4.74 Å². The van der Waals surface area contributed by atoms with Gasteiger partial charge in [0, 0.05) is 44.8 Å². The summed E-state index contributed by atoms with van der Waals surface area (Å²) in [6.45, 7) is 7.97. The highest BCUT2D eigenvalue weighted by Gasteiger charge is 2.19. The molecule has 170 valence electrons. The van der Waals surface area contributed by atoms with Gasteiger partial charge in [-0.15, -0.1) is 0 Å². The van der Waals surface area contributed by atoms with Crippen LogP contribution in [0.5, 0.6) is 11.5 Å². The first-order valence-corrected chi connectivity index (χ1v) is 13.6. The quantitative estimate of drug-likeness (QED) is 0.303. The molecule has 1 fully saturated rings. The van der Waals surface area contributed by atoms with Crippen LogP contribution in [0.3, 0.4) is 0 Å². The molecule has 1 aromatic heterocycles. The van der Waals surface area contributed by atoms with E-state index in [1.807, 2.05) is 24.3 Å². The molecule has 3 aromatic rings. The number of methoxy groups -OCH3 is 1. The van der Waals surface area contributed by atoms with Crippen LogP contribution in [0.15, 0.2) is 42.5 Å². The summed E-state index contributed by atoms with van der Waals surface area (Å²) in [6.07, 6.45) is 2.10. The Kier molecular flexibility index (Phi) is 7.97. The molecule has 0 saturated carbocycles. The Bertz CT molecular complexity index is 1080. The lowest BCUT2D eigenvalue weighted by Gasteiger charge is -2.35. The van der Waals surface area contributed by atoms with Gasteiger partial charge in [-0.1, -0.05) is 58.4 Å². The average molecular weight is 487 g/mol. The molecule has 0 aliphatic carbocycles. The third kappa shape index (κ3) is 5.58. The fourth-order valence-electron chi connectivity index (χ4n) is 4.15. The molecule has 1 saturated heterocycles. The Morgan fingerprint density at radius 3 is 2.31 bits per heavy atom. The van der Waals surface area contributed by atoms with Crippen LogP contribution in [0.25, 0.3) is 10.4 Å². The van der Waals surface area contributed by atoms with Gasteiger partial charge in [-0.25, -0.2) is 0 Å². The predicted octanol–water partition coefficient (Wildman–Crippen LogP) is 6.19. The number of phenols is 1. The van der Waals surface area contributed by atoms with Crippen molar-refractivity contribution in [2.75, 3.05) is 33.3 Å². The minimum absolute atomic E-state index is 0.380. The minimum atomic E-state index is 0.380. The smallest absolute Gasteiger partial charge is 0.120 e. The lowest BCUT2D eigenvalue weighted by atomic mass is 10.0. The van der Waals surface area contributed by atoms with Crippen LogP contribution in [0.2, 0.25) is 0 Å². The van der Waals surface area contributed by atoms with E-state index in [2.05, 4.69) is 34.9 Å². The summed E-state index contributed by atoms with van der Waals surface area (Å²) in [5.41, 5.74) is 4.78. The number of hydrogen-bond donors (Lipinski definition) is 1. The molecule has 0 unspecified atom stereocenters. The van der Waals surface area contributed by atoms with Gasteiger partial charge in [0.05, 0.1) is 12.0 Å². The molecule has 2 heterocycles. The molecule has 2 aromatic carbocycles. The van der Waals surface area contributed by atoms with Gasteiger partial charge in [0.2, 0.25) is 0 Å². The van der Waals surface area contributed by atoms with Gasteiger partial charge in [0.1, 0.15) is 15.3 Å². The lowest BCUT2D eigenvalue weighted by Crippen LogP contribution is -2.45. The molecule has 7 heteroatoms. The lowest BCUT2D eigenvalue weighted by molar-refractivity contribution is 0.121. The number of benzene rings is 2. The van der Waals surface area contributed by atoms with E-state index >= 15 is 0 Å². The number of hydrogen-bond acceptors (Lipinski definition) is 7. The Morgan fingerprint density at radius 2 is 1.66 bits per heavy atom. The number of aromatic hydroxyl groups is 1. The maximum atomic E-state index is 10.5. The van der Waals surface area contributed by atoms with E-state index in [0.29, 0.717) is 5.75 Å². The molecule has 1 N–H and O–H groups in total. The Hall–Kier alpha value is -1.77. The van der Waals surface area contributed by atoms with E-state index in [0.717, 1.165) is 67.2 Å². The van der Waals surface area contributed by atoms with Gasteiger partial charge < -0.3 is 9.84 Å². The summed E-state index contributed by atoms with van der Waals surface area (Å²) < 4.78 is 6.26. The van der Waals surface area contributed by atoms with E-state index in [9.17, 15) is 5.11 Å². The molecule has 4 nitrogen and oxygen atoms in total. The first-order chi connectivity index (χ1) is 15.6. The molecule has 32 heavy (non-hydrogen) atoms. The van der Waals surface area contributed by atoms with Crippen molar-refractivity contribution in [1.29, 1.82) is 0 Å². The van der Waals surface area contributed by atoms with Crippen LogP contribution in [0.4, 0.5) is 0 Å². The topological polar surface area (TPSA) is 35.9 Å². The zero-order valence-corrected chi connectivity index (χ0v) is 21.1. The second kappa shape index (κ2) is 10.9. The van der Waals surface area contributed by atoms with E-state index < -0.39 is 0 Å². The number of phenolic OH excluding ortho intramolecular Hbond substituents is 1. The Balaban J connectivity index is 1.39. The summed E-state index contributed by atoms with van der Waals surface area (Å²) in [4.78, 5) is 6.20. The van der Waals surface area contributed by atoms with Crippen molar-refractivity contribution in [3.05, 3.63) is 63.0 Å². The van der Waals surface area contributed by atoms with Crippen LogP contribution in [0, 0.1) is 3.82 Å². The normalized spacial score (nSPS) is 15.2. The van der Waals surface area contributed by atoms with Crippen molar-refractivity contribution in [3.63, 3.8) is 0 Å². The minimum Gasteiger partial charge on any atom is -0.508 e. The molecule has 0 spiro atoms. The summed E-state index contributed by atoms with van der Waals surface area (Å²) in [5.74, 6) is 1.28. The maximum absolute atomic E-state index is 10.5. The number of nitrogens with zero attached hydrogens (tertiary/aromatic N) is 2. The van der Waals surface area contributed by atoms with Gasteiger partial charge in [-0.2, -0.15) is 0 Å². The first kappa shape index (κ1) is 23.4. The largest absolute Gasteiger partial charge is 0.508 e. The third-order valence-electron chi connectivity index (χ3n) is 5.99. The van der Waals surface area contributed by atoms with Gasteiger partial charge in [-0.05, 0) is 53.4 Å². The monoisotopic (exact) mass is 486 g/mol. The van der Waals surface area contributed by atoms with E-state index in [-0.39, 0.29) is 0 Å². The van der Waals surface area contributed by atoms with Gasteiger partial charge in [0.25, 0.3) is 0 Å². The molecule has 0 atom stereocenters. The summed E-state index contributed by atoms with van der Waals surface area (Å²) in [7, 11) is 5.14. The van der Waals surface area contributed by atoms with E-state index in [1.54, 1.807) is 27.8 Å². The van der Waals surface area contributed by atoms with Gasteiger partial charge in [0.15, 0.2) is 0 Å². The first-order valence-electron chi connectivity index (χ1n) is 11.1. The molecule has 1 aliphatic heterocycles. The van der Waals surface area contributed by atoms with Crippen molar-refractivity contribution in [2.24, 2.45) is 0 Å². The van der Waals surface area contributed by atoms with Gasteiger partial charge >= 0.3 is 0 Å². The second-order valence-electron chi connectivity index (χ2n) is 8.26. The molecule has 0 bridgehead atoms. The highest BCUT2D eigenvalue weighted by atomic mass is 32.9. The molecular formula is C25H30N2O2S3. The standard InChI is InChI=1S/C25H30N2O2S3/c1-3-4-22-24(31-32-25(22)30)19-7-10-23(28)20(15-19)17-27-13-11-26(12-14-27)16-18-5-8-21(29-2)9-6-18/h5-10,15,28H,3-4,11-14,16-17H2,1-2H3. The Morgan fingerprint density at radius 1 is 0.969 bits per heavy atom. The third-order valence-corrected chi connectivity index (χ3v) is 9.18. The fourth-order valence-corrected chi connectivity index (χ4v) is 7.15.